The number of anilines is 1. The molecule has 0 saturated carbocycles. The zero-order chi connectivity index (χ0) is 23.4. The molecule has 2 aliphatic rings. The molecule has 1 aromatic heterocycles. The summed E-state index contributed by atoms with van der Waals surface area (Å²) in [4.78, 5) is 58.2. The van der Waals surface area contributed by atoms with Gasteiger partial charge in [-0.05, 0) is 0 Å². The fourth-order valence-electron chi connectivity index (χ4n) is 2.82. The van der Waals surface area contributed by atoms with Crippen LogP contribution in [0.2, 0.25) is 0 Å². The molecule has 1 aromatic rings. The fourth-order valence-corrected chi connectivity index (χ4v) is 5.74. The van der Waals surface area contributed by atoms with Crippen LogP contribution in [0, 0.1) is 0 Å². The van der Waals surface area contributed by atoms with Gasteiger partial charge in [-0.15, -0.1) is 41.4 Å². The average Bonchev–Trinajstić information content (AvgIpc) is 3.17. The van der Waals surface area contributed by atoms with E-state index in [1.807, 2.05) is 0 Å². The number of oxime groups is 1. The minimum atomic E-state index is -1.30. The molecule has 5 N–H and O–H groups in total. The first-order chi connectivity index (χ1) is 15.2. The Morgan fingerprint density at radius 1 is 1.45 bits per heavy atom. The number of carbonyl (C=O) groups excluding carboxylic acids is 2. The molecule has 2 amide bonds. The van der Waals surface area contributed by atoms with Crippen LogP contribution in [0.15, 0.2) is 33.8 Å². The number of hydrogen-bond donors (Lipinski definition) is 4. The quantitative estimate of drug-likeness (QED) is 0.102. The maximum atomic E-state index is 12.8. The van der Waals surface area contributed by atoms with Crippen molar-refractivity contribution in [2.45, 2.75) is 11.4 Å². The molecule has 2 atom stereocenters. The first-order valence-corrected chi connectivity index (χ1v) is 11.7. The van der Waals surface area contributed by atoms with Gasteiger partial charge in [-0.3, -0.25) is 14.5 Å². The van der Waals surface area contributed by atoms with Crippen LogP contribution in [0.5, 0.6) is 0 Å². The van der Waals surface area contributed by atoms with E-state index in [4.69, 9.17) is 10.8 Å². The van der Waals surface area contributed by atoms with Crippen molar-refractivity contribution in [3.05, 3.63) is 34.3 Å². The molecule has 0 bridgehead atoms. The Morgan fingerprint density at radius 3 is 2.76 bits per heavy atom. The number of nitrogens with zero attached hydrogens (tertiary/aromatic N) is 3. The van der Waals surface area contributed by atoms with Crippen molar-refractivity contribution >= 4 is 99.0 Å². The maximum absolute atomic E-state index is 12.8. The molecule has 0 aromatic carbocycles. The van der Waals surface area contributed by atoms with E-state index in [9.17, 15) is 24.3 Å². The molecule has 12 nitrogen and oxygen atoms in total. The molecule has 0 unspecified atom stereocenters. The second-order valence-electron chi connectivity index (χ2n) is 6.22. The number of carboxylic acids is 2. The van der Waals surface area contributed by atoms with Crippen molar-refractivity contribution in [3.8, 4) is 0 Å². The van der Waals surface area contributed by atoms with Crippen LogP contribution in [-0.2, 0) is 24.0 Å². The summed E-state index contributed by atoms with van der Waals surface area (Å²) in [6.07, 6.45) is 1.63. The third-order valence-corrected chi connectivity index (χ3v) is 7.35. The van der Waals surface area contributed by atoms with E-state index in [2.05, 4.69) is 26.9 Å². The van der Waals surface area contributed by atoms with Crippen LogP contribution in [-0.4, -0.2) is 109 Å². The first-order valence-electron chi connectivity index (χ1n) is 8.83. The van der Waals surface area contributed by atoms with Crippen LogP contribution in [0.4, 0.5) is 5.13 Å². The monoisotopic (exact) mass is 523 g/mol. The van der Waals surface area contributed by atoms with E-state index in [0.717, 1.165) is 16.2 Å². The molecule has 0 spiro atoms. The summed E-state index contributed by atoms with van der Waals surface area (Å²) >= 11 is 3.63. The molecule has 1 fully saturated rings. The third-order valence-electron chi connectivity index (χ3n) is 4.12. The number of rotatable bonds is 10. The molecular formula is C17H18N5NaO7S3. The minimum absolute atomic E-state index is 0. The number of nitrogen functional groups attached to an aromatic ring is 1. The van der Waals surface area contributed by atoms with Crippen molar-refractivity contribution in [3.63, 3.8) is 0 Å². The molecule has 3 heterocycles. The number of β-lactam (4-membered cyclic amide) rings is 1. The van der Waals surface area contributed by atoms with E-state index in [-0.39, 0.29) is 51.8 Å². The Kier molecular flexibility index (Phi) is 9.81. The van der Waals surface area contributed by atoms with Crippen molar-refractivity contribution in [1.29, 1.82) is 0 Å². The average molecular weight is 524 g/mol. The number of thiazole rings is 1. The van der Waals surface area contributed by atoms with Gasteiger partial charge in [-0.2, -0.15) is 0 Å². The van der Waals surface area contributed by atoms with Gasteiger partial charge in [0.15, 0.2) is 10.8 Å². The number of nitrogens with two attached hydrogens (primary N) is 1. The van der Waals surface area contributed by atoms with Crippen molar-refractivity contribution in [2.24, 2.45) is 5.16 Å². The number of carboxylic acid groups (broad SMARTS) is 2. The zero-order valence-electron chi connectivity index (χ0n) is 16.2. The normalized spacial score (nSPS) is 19.7. The molecule has 1 saturated heterocycles. The second-order valence-corrected chi connectivity index (χ2v) is 9.33. The number of carbonyl (C=O) groups is 4. The number of fused-ring (bicyclic) bond motifs is 1. The summed E-state index contributed by atoms with van der Waals surface area (Å²) in [5.41, 5.74) is 5.16. The Bertz CT molecular complexity index is 1040. The molecule has 33 heavy (non-hydrogen) atoms. The standard InChI is InChI=1S/C17H17N5O7S3.Na.H/c1-2-3-30-8-6-31-15-11(14(26)22(15)12(8)16(27)28)20-13(25)10(21-29-4-9(23)24)7-5-32-17(18)19-7;;/h2,5,11,15H,1,3-4,6H2,(H2,18,19)(H,20,25)(H,23,24)(H,27,28);;/b21-10-;;/t11-,15-;;/m1../s1. The van der Waals surface area contributed by atoms with Gasteiger partial charge in [-0.25, -0.2) is 14.6 Å². The van der Waals surface area contributed by atoms with Crippen molar-refractivity contribution in [2.75, 3.05) is 23.8 Å². The predicted octanol–water partition coefficient (Wildman–Crippen LogP) is -0.503. The van der Waals surface area contributed by atoms with E-state index >= 15 is 0 Å². The topological polar surface area (TPSA) is 185 Å². The number of amides is 2. The van der Waals surface area contributed by atoms with Gasteiger partial charge in [0.2, 0.25) is 6.61 Å². The Balaban J connectivity index is 0.00000385. The van der Waals surface area contributed by atoms with Crippen LogP contribution in [0.1, 0.15) is 5.69 Å². The number of aliphatic carboxylic acids is 2. The van der Waals surface area contributed by atoms with Crippen LogP contribution < -0.4 is 11.1 Å². The van der Waals surface area contributed by atoms with Gasteiger partial charge >= 0.3 is 41.5 Å². The van der Waals surface area contributed by atoms with Gasteiger partial charge in [0.1, 0.15) is 22.8 Å². The molecule has 0 radical (unpaired) electrons. The molecular weight excluding hydrogens is 505 g/mol. The van der Waals surface area contributed by atoms with Crippen LogP contribution in [0.25, 0.3) is 0 Å². The van der Waals surface area contributed by atoms with Gasteiger partial charge in [0.05, 0.1) is 0 Å². The molecule has 0 aliphatic carbocycles. The number of aromatic nitrogens is 1. The van der Waals surface area contributed by atoms with Gasteiger partial charge in [0, 0.05) is 21.8 Å². The molecule has 16 heteroatoms. The molecule has 2 aliphatic heterocycles. The summed E-state index contributed by atoms with van der Waals surface area (Å²) < 4.78 is 0. The van der Waals surface area contributed by atoms with Gasteiger partial charge < -0.3 is 26.1 Å². The molecule has 3 rings (SSSR count). The number of hydrogen-bond acceptors (Lipinski definition) is 11. The summed E-state index contributed by atoms with van der Waals surface area (Å²) in [5.74, 6) is -3.12. The van der Waals surface area contributed by atoms with Gasteiger partial charge in [0.25, 0.3) is 11.8 Å². The summed E-state index contributed by atoms with van der Waals surface area (Å²) in [5, 5.41) is 25.3. The number of thioether (sulfide) groups is 2. The third kappa shape index (κ3) is 6.10. The summed E-state index contributed by atoms with van der Waals surface area (Å²) in [7, 11) is 0. The van der Waals surface area contributed by atoms with E-state index in [1.54, 1.807) is 6.08 Å². The van der Waals surface area contributed by atoms with Crippen LogP contribution in [0.3, 0.4) is 0 Å². The SMILES string of the molecule is C=CCSC1=C(C(=O)O)N2C(=O)[C@@H](NC(=O)/C(=N\OCC(=O)O)c3csc(N)n3)[C@H]2SC1.[NaH]. The predicted molar refractivity (Wildman–Crippen MR) is 126 cm³/mol. The van der Waals surface area contributed by atoms with E-state index in [1.165, 1.54) is 28.9 Å². The Hall–Kier alpha value is -2.04. The van der Waals surface area contributed by atoms with Gasteiger partial charge in [-0.1, -0.05) is 11.2 Å². The van der Waals surface area contributed by atoms with Crippen molar-refractivity contribution < 1.29 is 34.2 Å². The zero-order valence-corrected chi connectivity index (χ0v) is 18.7. The van der Waals surface area contributed by atoms with Crippen LogP contribution >= 0.6 is 34.9 Å². The summed E-state index contributed by atoms with van der Waals surface area (Å²) in [6, 6.07) is -1.01. The summed E-state index contributed by atoms with van der Waals surface area (Å²) in [6.45, 7) is 2.82. The Morgan fingerprint density at radius 2 is 2.18 bits per heavy atom. The second kappa shape index (κ2) is 11.9. The van der Waals surface area contributed by atoms with Crippen molar-refractivity contribution in [1.82, 2.24) is 15.2 Å². The Labute approximate surface area is 222 Å². The molecule has 172 valence electrons. The number of nitrogens with one attached hydrogen (secondary N) is 1. The van der Waals surface area contributed by atoms with E-state index in [0.29, 0.717) is 16.4 Å². The first kappa shape index (κ1) is 27.2. The fraction of sp³-hybridized carbons (Fsp3) is 0.294. The van der Waals surface area contributed by atoms with E-state index < -0.39 is 41.8 Å².